The Balaban J connectivity index is 2.02. The van der Waals surface area contributed by atoms with Crippen molar-refractivity contribution in [1.29, 1.82) is 0 Å². The third kappa shape index (κ3) is 3.72. The van der Waals surface area contributed by atoms with Gasteiger partial charge in [-0.2, -0.15) is 0 Å². The quantitative estimate of drug-likeness (QED) is 0.511. The fraction of sp³-hybridized carbons (Fsp3) is 0.0588. The Morgan fingerprint density at radius 2 is 2.04 bits per heavy atom. The summed E-state index contributed by atoms with van der Waals surface area (Å²) < 4.78 is 14.9. The lowest BCUT2D eigenvalue weighted by atomic mass is 10.0. The lowest BCUT2D eigenvalue weighted by Gasteiger charge is -2.12. The molecule has 3 aromatic rings. The fourth-order valence-electron chi connectivity index (χ4n) is 2.44. The number of pyridine rings is 2. The van der Waals surface area contributed by atoms with Gasteiger partial charge in [0.05, 0.1) is 10.5 Å². The van der Waals surface area contributed by atoms with Crippen LogP contribution < -0.4 is 11.0 Å². The maximum absolute atomic E-state index is 14.0. The van der Waals surface area contributed by atoms with E-state index in [0.29, 0.717) is 0 Å². The van der Waals surface area contributed by atoms with E-state index < -0.39 is 16.3 Å². The van der Waals surface area contributed by atoms with Crippen LogP contribution in [0.2, 0.25) is 5.02 Å². The predicted octanol–water partition coefficient (Wildman–Crippen LogP) is 3.12. The smallest absolute Gasteiger partial charge is 0.313 e. The summed E-state index contributed by atoms with van der Waals surface area (Å²) in [4.78, 5) is 26.9. The zero-order valence-corrected chi connectivity index (χ0v) is 14.4. The molecule has 0 bridgehead atoms. The second-order valence-electron chi connectivity index (χ2n) is 5.47. The van der Waals surface area contributed by atoms with E-state index >= 15 is 0 Å². The molecule has 0 saturated carbocycles. The first-order valence-corrected chi connectivity index (χ1v) is 7.99. The van der Waals surface area contributed by atoms with E-state index in [1.807, 2.05) is 0 Å². The number of aromatic nitrogens is 2. The Hall–Kier alpha value is -3.46. The van der Waals surface area contributed by atoms with Gasteiger partial charge in [-0.15, -0.1) is 0 Å². The molecule has 0 aliphatic carbocycles. The summed E-state index contributed by atoms with van der Waals surface area (Å²) in [5.41, 5.74) is 1.37. The van der Waals surface area contributed by atoms with Crippen molar-refractivity contribution in [3.05, 3.63) is 91.2 Å². The number of nitro groups is 1. The highest BCUT2D eigenvalue weighted by atomic mass is 35.5. The van der Waals surface area contributed by atoms with E-state index in [1.54, 1.807) is 0 Å². The van der Waals surface area contributed by atoms with Crippen LogP contribution in [0.5, 0.6) is 5.75 Å². The molecule has 1 aromatic carbocycles. The summed E-state index contributed by atoms with van der Waals surface area (Å²) >= 11 is 5.98. The summed E-state index contributed by atoms with van der Waals surface area (Å²) in [7, 11) is 0. The molecule has 2 heterocycles. The SMILES string of the molecule is O=c1c(Cc2c(F)cccc2Cl)c(O)ccn1Nc1ncccc1[N+](=O)[O-]. The van der Waals surface area contributed by atoms with Crippen LogP contribution in [0.1, 0.15) is 11.1 Å². The summed E-state index contributed by atoms with van der Waals surface area (Å²) in [5.74, 6) is -1.14. The Bertz CT molecular complexity index is 1070. The van der Waals surface area contributed by atoms with E-state index in [4.69, 9.17) is 11.6 Å². The van der Waals surface area contributed by atoms with Gasteiger partial charge in [0.25, 0.3) is 5.56 Å². The maximum Gasteiger partial charge on any atom is 0.313 e. The van der Waals surface area contributed by atoms with Gasteiger partial charge in [-0.25, -0.2) is 14.1 Å². The van der Waals surface area contributed by atoms with Gasteiger partial charge in [-0.3, -0.25) is 20.3 Å². The molecule has 2 aromatic heterocycles. The zero-order chi connectivity index (χ0) is 19.6. The molecule has 0 fully saturated rings. The van der Waals surface area contributed by atoms with Gasteiger partial charge in [-0.05, 0) is 24.3 Å². The van der Waals surface area contributed by atoms with Gasteiger partial charge >= 0.3 is 5.69 Å². The Kier molecular flexibility index (Phi) is 5.04. The second kappa shape index (κ2) is 7.42. The third-order valence-electron chi connectivity index (χ3n) is 3.79. The number of nitrogens with zero attached hydrogens (tertiary/aromatic N) is 3. The van der Waals surface area contributed by atoms with Crippen molar-refractivity contribution >= 4 is 23.1 Å². The predicted molar refractivity (Wildman–Crippen MR) is 96.5 cm³/mol. The molecule has 0 atom stereocenters. The average molecular weight is 391 g/mol. The molecule has 0 amide bonds. The molecule has 0 radical (unpaired) electrons. The number of aromatic hydroxyl groups is 1. The summed E-state index contributed by atoms with van der Waals surface area (Å²) in [6, 6.07) is 7.89. The molecule has 8 nitrogen and oxygen atoms in total. The van der Waals surface area contributed by atoms with Crippen LogP contribution in [-0.4, -0.2) is 19.7 Å². The minimum atomic E-state index is -0.728. The number of rotatable bonds is 5. The Morgan fingerprint density at radius 1 is 1.26 bits per heavy atom. The average Bonchev–Trinajstić information content (AvgIpc) is 2.63. The van der Waals surface area contributed by atoms with Crippen molar-refractivity contribution in [2.45, 2.75) is 6.42 Å². The minimum absolute atomic E-state index is 0.0492. The monoisotopic (exact) mass is 390 g/mol. The topological polar surface area (TPSA) is 110 Å². The molecule has 2 N–H and O–H groups in total. The number of hydrogen-bond donors (Lipinski definition) is 2. The molecule has 0 spiro atoms. The van der Waals surface area contributed by atoms with Crippen LogP contribution >= 0.6 is 11.6 Å². The van der Waals surface area contributed by atoms with Crippen molar-refractivity contribution in [3.63, 3.8) is 0 Å². The normalized spacial score (nSPS) is 10.6. The van der Waals surface area contributed by atoms with Gasteiger partial charge in [0.2, 0.25) is 5.82 Å². The molecule has 27 heavy (non-hydrogen) atoms. The molecule has 0 aliphatic heterocycles. The van der Waals surface area contributed by atoms with Crippen LogP contribution in [0.25, 0.3) is 0 Å². The molecule has 10 heteroatoms. The molecule has 0 saturated heterocycles. The second-order valence-corrected chi connectivity index (χ2v) is 5.88. The van der Waals surface area contributed by atoms with Crippen molar-refractivity contribution in [3.8, 4) is 5.75 Å². The number of benzene rings is 1. The summed E-state index contributed by atoms with van der Waals surface area (Å²) in [6.07, 6.45) is 2.24. The Morgan fingerprint density at radius 3 is 2.74 bits per heavy atom. The number of anilines is 1. The van der Waals surface area contributed by atoms with Crippen LogP contribution in [0.4, 0.5) is 15.9 Å². The van der Waals surface area contributed by atoms with Gasteiger partial charge in [0.15, 0.2) is 0 Å². The number of halogens is 2. The van der Waals surface area contributed by atoms with E-state index in [-0.39, 0.29) is 39.8 Å². The first-order chi connectivity index (χ1) is 12.9. The molecule has 138 valence electrons. The van der Waals surface area contributed by atoms with E-state index in [0.717, 1.165) is 4.68 Å². The van der Waals surface area contributed by atoms with Crippen LogP contribution in [0.3, 0.4) is 0 Å². The van der Waals surface area contributed by atoms with Gasteiger partial charge in [-0.1, -0.05) is 17.7 Å². The molecule has 0 unspecified atom stereocenters. The number of hydrogen-bond acceptors (Lipinski definition) is 6. The van der Waals surface area contributed by atoms with Crippen LogP contribution in [0, 0.1) is 15.9 Å². The van der Waals surface area contributed by atoms with Crippen molar-refractivity contribution in [1.82, 2.24) is 9.66 Å². The molecular formula is C17H12ClFN4O4. The first kappa shape index (κ1) is 18.3. The van der Waals surface area contributed by atoms with E-state index in [9.17, 15) is 24.4 Å². The summed E-state index contributed by atoms with van der Waals surface area (Å²) in [6.45, 7) is 0. The van der Waals surface area contributed by atoms with Crippen molar-refractivity contribution < 1.29 is 14.4 Å². The van der Waals surface area contributed by atoms with Crippen LogP contribution in [-0.2, 0) is 6.42 Å². The minimum Gasteiger partial charge on any atom is -0.507 e. The van der Waals surface area contributed by atoms with E-state index in [2.05, 4.69) is 10.4 Å². The zero-order valence-electron chi connectivity index (χ0n) is 13.6. The van der Waals surface area contributed by atoms with Gasteiger partial charge < -0.3 is 5.11 Å². The number of nitrogens with one attached hydrogen (secondary N) is 1. The lowest BCUT2D eigenvalue weighted by Crippen LogP contribution is -2.29. The highest BCUT2D eigenvalue weighted by Crippen LogP contribution is 2.25. The third-order valence-corrected chi connectivity index (χ3v) is 4.15. The van der Waals surface area contributed by atoms with Crippen molar-refractivity contribution in [2.75, 3.05) is 5.43 Å². The molecular weight excluding hydrogens is 379 g/mol. The first-order valence-electron chi connectivity index (χ1n) is 7.61. The highest BCUT2D eigenvalue weighted by molar-refractivity contribution is 6.31. The largest absolute Gasteiger partial charge is 0.507 e. The van der Waals surface area contributed by atoms with Gasteiger partial charge in [0.1, 0.15) is 11.6 Å². The highest BCUT2D eigenvalue weighted by Gasteiger charge is 2.18. The van der Waals surface area contributed by atoms with Gasteiger partial charge in [0, 0.05) is 35.5 Å². The lowest BCUT2D eigenvalue weighted by molar-refractivity contribution is -0.384. The van der Waals surface area contributed by atoms with Crippen molar-refractivity contribution in [2.24, 2.45) is 0 Å². The summed E-state index contributed by atoms with van der Waals surface area (Å²) in [5, 5.41) is 21.2. The molecule has 0 aliphatic rings. The Labute approximate surface area is 156 Å². The van der Waals surface area contributed by atoms with Crippen LogP contribution in [0.15, 0.2) is 53.6 Å². The maximum atomic E-state index is 14.0. The molecule has 3 rings (SSSR count). The standard InChI is InChI=1S/C17H12ClFN4O4/c18-12-3-1-4-13(19)10(12)9-11-15(24)6-8-22(17(11)25)21-16-14(23(26)27)5-2-7-20-16/h1-8,24H,9H2,(H,20,21). The van der Waals surface area contributed by atoms with E-state index in [1.165, 1.54) is 48.8 Å². The fourth-order valence-corrected chi connectivity index (χ4v) is 2.67.